The number of likely N-dealkylation sites (N-methyl/N-ethyl adjacent to an activating group) is 1. The normalized spacial score (nSPS) is 19.4. The van der Waals surface area contributed by atoms with Gasteiger partial charge in [0, 0.05) is 86.0 Å². The number of ether oxygens (including phenoxy) is 1. The van der Waals surface area contributed by atoms with Gasteiger partial charge in [0.1, 0.15) is 5.82 Å². The van der Waals surface area contributed by atoms with Crippen molar-refractivity contribution in [2.75, 3.05) is 57.6 Å². The number of amidine groups is 1. The molecule has 3 atom stereocenters. The van der Waals surface area contributed by atoms with E-state index in [-0.39, 0.29) is 23.1 Å². The zero-order valence-corrected chi connectivity index (χ0v) is 36.4. The Kier molecular flexibility index (Phi) is 14.8. The number of nitrogens with one attached hydrogen (secondary N) is 4. The lowest BCUT2D eigenvalue weighted by Crippen LogP contribution is -2.35. The van der Waals surface area contributed by atoms with Gasteiger partial charge in [-0.15, -0.1) is 0 Å². The minimum atomic E-state index is -1.17. The molecule has 0 spiro atoms. The van der Waals surface area contributed by atoms with Gasteiger partial charge in [0.05, 0.1) is 12.7 Å². The molecule has 1 aromatic heterocycles. The first kappa shape index (κ1) is 44.1. The smallest absolute Gasteiger partial charge is 0.355 e. The summed E-state index contributed by atoms with van der Waals surface area (Å²) in [5.74, 6) is -0.541. The van der Waals surface area contributed by atoms with Crippen LogP contribution in [-0.4, -0.2) is 91.7 Å². The molecule has 60 heavy (non-hydrogen) atoms. The van der Waals surface area contributed by atoms with Crippen LogP contribution >= 0.6 is 11.8 Å². The Morgan fingerprint density at radius 1 is 1.07 bits per heavy atom. The second kappa shape index (κ2) is 20.2. The molecule has 1 saturated carbocycles. The predicted molar refractivity (Wildman–Crippen MR) is 243 cm³/mol. The molecule has 3 aromatic carbocycles. The van der Waals surface area contributed by atoms with E-state index in [1.165, 1.54) is 23.5 Å². The van der Waals surface area contributed by atoms with Gasteiger partial charge in [-0.25, -0.2) is 9.78 Å². The number of pyridine rings is 1. The van der Waals surface area contributed by atoms with Crippen molar-refractivity contribution >= 4 is 52.1 Å². The number of benzene rings is 3. The molecule has 6 rings (SSSR count). The summed E-state index contributed by atoms with van der Waals surface area (Å²) in [7, 11) is 5.69. The summed E-state index contributed by atoms with van der Waals surface area (Å²) >= 11 is 1.38. The maximum atomic E-state index is 13.6. The lowest BCUT2D eigenvalue weighted by Gasteiger charge is -2.31. The number of hydrogen-bond donors (Lipinski definition) is 5. The van der Waals surface area contributed by atoms with Crippen LogP contribution in [0.3, 0.4) is 0 Å². The third kappa shape index (κ3) is 11.0. The predicted octanol–water partition coefficient (Wildman–Crippen LogP) is 7.82. The van der Waals surface area contributed by atoms with Gasteiger partial charge in [-0.05, 0) is 104 Å². The highest BCUT2D eigenvalue weighted by Gasteiger charge is 2.40. The van der Waals surface area contributed by atoms with E-state index in [2.05, 4.69) is 76.0 Å². The molecule has 4 aromatic rings. The van der Waals surface area contributed by atoms with Gasteiger partial charge in [-0.1, -0.05) is 68.1 Å². The number of carboxylic acids is 1. The highest BCUT2D eigenvalue weighted by atomic mass is 32.2. The number of amides is 1. The van der Waals surface area contributed by atoms with E-state index in [4.69, 9.17) is 10.1 Å². The summed E-state index contributed by atoms with van der Waals surface area (Å²) in [5.41, 5.74) is 6.23. The molecule has 1 aliphatic heterocycles. The van der Waals surface area contributed by atoms with Crippen LogP contribution in [0.4, 0.5) is 11.5 Å². The van der Waals surface area contributed by atoms with E-state index in [1.54, 1.807) is 19.2 Å². The van der Waals surface area contributed by atoms with E-state index < -0.39 is 5.97 Å². The largest absolute Gasteiger partial charge is 0.476 e. The number of thioether (sulfide) groups is 1. The van der Waals surface area contributed by atoms with Crippen LogP contribution in [0.25, 0.3) is 5.57 Å². The fraction of sp³-hybridized carbons (Fsp3) is 0.383. The number of carbonyl (C=O) groups is 2. The van der Waals surface area contributed by atoms with Crippen LogP contribution < -0.4 is 20.9 Å². The third-order valence-electron chi connectivity index (χ3n) is 11.6. The van der Waals surface area contributed by atoms with E-state index in [0.29, 0.717) is 72.0 Å². The molecular formula is C47H58N8O4S. The number of aromatic nitrogens is 1. The van der Waals surface area contributed by atoms with Gasteiger partial charge in [0.25, 0.3) is 5.91 Å². The zero-order chi connectivity index (χ0) is 42.8. The molecule has 13 heteroatoms. The molecule has 1 fully saturated rings. The highest BCUT2D eigenvalue weighted by Crippen LogP contribution is 2.43. The van der Waals surface area contributed by atoms with Crippen LogP contribution in [0.1, 0.15) is 76.7 Å². The highest BCUT2D eigenvalue weighted by molar-refractivity contribution is 8.13. The number of carbonyl (C=O) groups excluding carboxylic acids is 1. The number of fused-ring (bicyclic) bond motifs is 1. The fourth-order valence-corrected chi connectivity index (χ4v) is 9.04. The molecule has 2 aliphatic rings. The van der Waals surface area contributed by atoms with Gasteiger partial charge in [0.2, 0.25) is 0 Å². The van der Waals surface area contributed by atoms with Crippen molar-refractivity contribution in [2.24, 2.45) is 16.3 Å². The summed E-state index contributed by atoms with van der Waals surface area (Å²) in [4.78, 5) is 40.6. The summed E-state index contributed by atoms with van der Waals surface area (Å²) in [6.45, 7) is 10.4. The third-order valence-corrected chi connectivity index (χ3v) is 12.6. The second-order valence-corrected chi connectivity index (χ2v) is 17.3. The Morgan fingerprint density at radius 2 is 1.83 bits per heavy atom. The van der Waals surface area contributed by atoms with E-state index >= 15 is 0 Å². The molecule has 0 saturated heterocycles. The molecule has 1 aliphatic carbocycles. The number of allylic oxidation sites excluding steroid dienone is 2. The Bertz CT molecular complexity index is 2210. The molecule has 2 heterocycles. The van der Waals surface area contributed by atoms with Gasteiger partial charge < -0.3 is 36.1 Å². The molecule has 0 bridgehead atoms. The number of aliphatic imine (C=N–C) groups is 1. The van der Waals surface area contributed by atoms with Crippen LogP contribution in [0.2, 0.25) is 0 Å². The second-order valence-electron chi connectivity index (χ2n) is 16.2. The zero-order valence-electron chi connectivity index (χ0n) is 35.5. The fourth-order valence-electron chi connectivity index (χ4n) is 8.29. The minimum absolute atomic E-state index is 0.0386. The molecule has 1 amide bonds. The van der Waals surface area contributed by atoms with Crippen molar-refractivity contribution in [1.82, 2.24) is 20.5 Å². The number of carboxylic acid groups (broad SMARTS) is 1. The number of rotatable bonds is 16. The van der Waals surface area contributed by atoms with Gasteiger partial charge in [-0.3, -0.25) is 14.7 Å². The first-order chi connectivity index (χ1) is 28.9. The van der Waals surface area contributed by atoms with Crippen molar-refractivity contribution in [3.8, 4) is 0 Å². The Hall–Kier alpha value is -5.50. The SMILES string of the molecule is C/N=C(/NC(=O)c1cccc2c1CN(c1ccc(/C(C=N)=C(\C)NCC3(C)CC(C)C(OCCN(C)Cc4ccc(NC)cc4)C3)c(C(=O)O)n1)CC2)Sc1ccccc1. The number of hydrogen-bond acceptors (Lipinski definition) is 11. The first-order valence-corrected chi connectivity index (χ1v) is 21.4. The van der Waals surface area contributed by atoms with Crippen molar-refractivity contribution in [3.63, 3.8) is 0 Å². The maximum absolute atomic E-state index is 13.6. The molecule has 0 radical (unpaired) electrons. The lowest BCUT2D eigenvalue weighted by molar-refractivity contribution is 0.0181. The van der Waals surface area contributed by atoms with E-state index in [1.807, 2.05) is 67.4 Å². The number of nitrogens with zero attached hydrogens (tertiary/aromatic N) is 4. The Morgan fingerprint density at radius 3 is 2.53 bits per heavy atom. The topological polar surface area (TPSA) is 155 Å². The average molecular weight is 831 g/mol. The van der Waals surface area contributed by atoms with Crippen molar-refractivity contribution < 1.29 is 19.4 Å². The van der Waals surface area contributed by atoms with Gasteiger partial charge in [-0.2, -0.15) is 0 Å². The lowest BCUT2D eigenvalue weighted by atomic mass is 9.87. The standard InChI is InChI=1S/C47H58N8O4S/c1-31-25-47(3,26-41(31)59-24-23-54(6)28-33-15-17-35(49-4)18-16-33)30-51-32(2)39(27-48)37-19-20-42(52-43(37)45(57)58)55-22-21-34-11-10-14-38(40(34)29-55)44(56)53-46(50-5)60-36-12-8-7-9-13-36/h7-20,27,31,41,48-49,51H,21-26,28-30H2,1-6H3,(H,57,58)(H,50,53,56)/b39-32+,48-27?. The average Bonchev–Trinajstić information content (AvgIpc) is 3.55. The monoisotopic (exact) mass is 830 g/mol. The first-order valence-electron chi connectivity index (χ1n) is 20.5. The van der Waals surface area contributed by atoms with Gasteiger partial charge >= 0.3 is 5.97 Å². The summed E-state index contributed by atoms with van der Waals surface area (Å²) < 4.78 is 6.45. The van der Waals surface area contributed by atoms with Crippen LogP contribution in [0.5, 0.6) is 0 Å². The van der Waals surface area contributed by atoms with Crippen LogP contribution in [0, 0.1) is 16.7 Å². The molecular weight excluding hydrogens is 773 g/mol. The summed E-state index contributed by atoms with van der Waals surface area (Å²) in [6, 6.07) is 27.5. The molecule has 3 unspecified atom stereocenters. The maximum Gasteiger partial charge on any atom is 0.355 e. The number of aromatic carboxylic acids is 1. The quantitative estimate of drug-likeness (QED) is 0.0429. The molecule has 12 nitrogen and oxygen atoms in total. The van der Waals surface area contributed by atoms with Crippen molar-refractivity contribution in [3.05, 3.63) is 124 Å². The number of anilines is 2. The molecule has 316 valence electrons. The summed E-state index contributed by atoms with van der Waals surface area (Å²) in [5, 5.41) is 28.9. The van der Waals surface area contributed by atoms with E-state index in [9.17, 15) is 14.7 Å². The van der Waals surface area contributed by atoms with Crippen molar-refractivity contribution in [1.29, 1.82) is 5.41 Å². The Labute approximate surface area is 358 Å². The van der Waals surface area contributed by atoms with Crippen molar-refractivity contribution in [2.45, 2.75) is 64.1 Å². The van der Waals surface area contributed by atoms with Crippen LogP contribution in [0.15, 0.2) is 101 Å². The van der Waals surface area contributed by atoms with Crippen LogP contribution in [-0.2, 0) is 24.2 Å². The summed E-state index contributed by atoms with van der Waals surface area (Å²) in [6.07, 6.45) is 3.91. The Balaban J connectivity index is 1.09. The van der Waals surface area contributed by atoms with E-state index in [0.717, 1.165) is 47.6 Å². The molecule has 5 N–H and O–H groups in total. The van der Waals surface area contributed by atoms with Gasteiger partial charge in [0.15, 0.2) is 10.9 Å². The minimum Gasteiger partial charge on any atom is -0.476 e.